The summed E-state index contributed by atoms with van der Waals surface area (Å²) < 4.78 is 4.87. The van der Waals surface area contributed by atoms with Crippen LogP contribution >= 0.6 is 15.9 Å². The fraction of sp³-hybridized carbons (Fsp3) is 0.444. The molecule has 0 radical (unpaired) electrons. The van der Waals surface area contributed by atoms with Crippen LogP contribution in [0.4, 0.5) is 0 Å². The van der Waals surface area contributed by atoms with Crippen molar-refractivity contribution < 1.29 is 14.9 Å². The van der Waals surface area contributed by atoms with E-state index in [1.54, 1.807) is 12.1 Å². The first-order valence-electron chi connectivity index (χ1n) is 4.11. The molecule has 5 heteroatoms. The first kappa shape index (κ1) is 11.4. The van der Waals surface area contributed by atoms with Gasteiger partial charge in [0.05, 0.1) is 13.2 Å². The van der Waals surface area contributed by atoms with Crippen LogP contribution in [0, 0.1) is 0 Å². The largest absolute Gasteiger partial charge is 0.481 e. The molecule has 78 valence electrons. The molecule has 2 atom stereocenters. The maximum atomic E-state index is 9.59. The number of pyridine rings is 1. The number of aliphatic hydroxyl groups is 2. The summed E-state index contributed by atoms with van der Waals surface area (Å²) in [6.45, 7) is 0. The Balaban J connectivity index is 2.75. The Hall–Kier alpha value is -0.650. The zero-order valence-electron chi connectivity index (χ0n) is 7.72. The number of methoxy groups -OCH3 is 1. The van der Waals surface area contributed by atoms with Crippen molar-refractivity contribution in [3.8, 4) is 5.88 Å². The number of hydrogen-bond acceptors (Lipinski definition) is 4. The van der Waals surface area contributed by atoms with E-state index in [2.05, 4.69) is 20.9 Å². The molecule has 1 aromatic heterocycles. The number of rotatable bonds is 4. The molecule has 4 nitrogen and oxygen atoms in total. The Kier molecular flexibility index (Phi) is 4.31. The monoisotopic (exact) mass is 261 g/mol. The van der Waals surface area contributed by atoms with E-state index in [9.17, 15) is 10.2 Å². The number of alkyl halides is 1. The predicted molar refractivity (Wildman–Crippen MR) is 55.5 cm³/mol. The first-order valence-corrected chi connectivity index (χ1v) is 5.23. The van der Waals surface area contributed by atoms with Crippen LogP contribution in [0.25, 0.3) is 0 Å². The van der Waals surface area contributed by atoms with Crippen LogP contribution in [0.3, 0.4) is 0 Å². The van der Waals surface area contributed by atoms with Crippen LogP contribution in [0.5, 0.6) is 5.88 Å². The average Bonchev–Trinajstić information content (AvgIpc) is 2.27. The highest BCUT2D eigenvalue weighted by atomic mass is 79.9. The number of halogens is 1. The van der Waals surface area contributed by atoms with E-state index in [0.717, 1.165) is 0 Å². The second kappa shape index (κ2) is 5.29. The topological polar surface area (TPSA) is 62.6 Å². The molecule has 1 rings (SSSR count). The lowest BCUT2D eigenvalue weighted by Gasteiger charge is -2.15. The summed E-state index contributed by atoms with van der Waals surface area (Å²) in [6, 6.07) is 3.31. The molecule has 1 heterocycles. The van der Waals surface area contributed by atoms with Crippen molar-refractivity contribution in [3.63, 3.8) is 0 Å². The van der Waals surface area contributed by atoms with Crippen LogP contribution in [0.1, 0.15) is 11.7 Å². The van der Waals surface area contributed by atoms with E-state index in [1.807, 2.05) is 0 Å². The minimum Gasteiger partial charge on any atom is -0.481 e. The third kappa shape index (κ3) is 2.67. The fourth-order valence-electron chi connectivity index (χ4n) is 0.994. The number of hydrogen-bond donors (Lipinski definition) is 2. The van der Waals surface area contributed by atoms with Crippen LogP contribution < -0.4 is 4.74 Å². The van der Waals surface area contributed by atoms with Gasteiger partial charge in [0.2, 0.25) is 5.88 Å². The van der Waals surface area contributed by atoms with Gasteiger partial charge in [-0.3, -0.25) is 0 Å². The molecule has 0 saturated heterocycles. The molecule has 0 saturated carbocycles. The van der Waals surface area contributed by atoms with Crippen LogP contribution in [0.2, 0.25) is 0 Å². The van der Waals surface area contributed by atoms with Crippen molar-refractivity contribution in [3.05, 3.63) is 23.9 Å². The minimum absolute atomic E-state index is 0.320. The maximum absolute atomic E-state index is 9.59. The Morgan fingerprint density at radius 2 is 2.21 bits per heavy atom. The molecule has 0 aliphatic rings. The molecule has 14 heavy (non-hydrogen) atoms. The van der Waals surface area contributed by atoms with Gasteiger partial charge in [-0.15, -0.1) is 0 Å². The number of aromatic nitrogens is 1. The highest BCUT2D eigenvalue weighted by molar-refractivity contribution is 9.09. The van der Waals surface area contributed by atoms with E-state index < -0.39 is 12.2 Å². The maximum Gasteiger partial charge on any atom is 0.212 e. The summed E-state index contributed by atoms with van der Waals surface area (Å²) in [5.41, 5.74) is 0.567. The molecule has 2 N–H and O–H groups in total. The van der Waals surface area contributed by atoms with Gasteiger partial charge in [-0.05, 0) is 6.07 Å². The lowest BCUT2D eigenvalue weighted by atomic mass is 10.1. The Bertz CT molecular complexity index is 278. The minimum atomic E-state index is -0.923. The summed E-state index contributed by atoms with van der Waals surface area (Å²) in [5.74, 6) is 0.481. The van der Waals surface area contributed by atoms with Crippen LogP contribution in [0.15, 0.2) is 18.3 Å². The van der Waals surface area contributed by atoms with Crippen molar-refractivity contribution in [1.29, 1.82) is 0 Å². The highest BCUT2D eigenvalue weighted by Crippen LogP contribution is 2.18. The average molecular weight is 262 g/mol. The molecule has 0 aromatic carbocycles. The van der Waals surface area contributed by atoms with Gasteiger partial charge in [-0.2, -0.15) is 0 Å². The van der Waals surface area contributed by atoms with Crippen molar-refractivity contribution in [1.82, 2.24) is 4.98 Å². The van der Waals surface area contributed by atoms with E-state index >= 15 is 0 Å². The standard InChI is InChI=1S/C9H12BrNO3/c1-14-8-3-2-6(5-11-8)9(13)7(12)4-10/h2-3,5,7,9,12-13H,4H2,1H3. The van der Waals surface area contributed by atoms with Gasteiger partial charge in [0.1, 0.15) is 6.10 Å². The molecule has 0 fully saturated rings. The van der Waals surface area contributed by atoms with Crippen molar-refractivity contribution in [2.75, 3.05) is 12.4 Å². The Morgan fingerprint density at radius 1 is 1.50 bits per heavy atom. The molecule has 0 amide bonds. The summed E-state index contributed by atoms with van der Waals surface area (Å²) >= 11 is 3.09. The lowest BCUT2D eigenvalue weighted by Crippen LogP contribution is -2.19. The first-order chi connectivity index (χ1) is 6.69. The van der Waals surface area contributed by atoms with E-state index in [0.29, 0.717) is 16.8 Å². The smallest absolute Gasteiger partial charge is 0.212 e. The third-order valence-corrected chi connectivity index (χ3v) is 2.50. The van der Waals surface area contributed by atoms with Crippen molar-refractivity contribution in [2.24, 2.45) is 0 Å². The van der Waals surface area contributed by atoms with Crippen molar-refractivity contribution >= 4 is 15.9 Å². The second-order valence-electron chi connectivity index (χ2n) is 2.80. The Labute approximate surface area is 90.7 Å². The highest BCUT2D eigenvalue weighted by Gasteiger charge is 2.17. The SMILES string of the molecule is COc1ccc(C(O)C(O)CBr)cn1. The molecule has 2 unspecified atom stereocenters. The Morgan fingerprint density at radius 3 is 2.64 bits per heavy atom. The quantitative estimate of drug-likeness (QED) is 0.791. The summed E-state index contributed by atoms with van der Waals surface area (Å²) in [7, 11) is 1.52. The van der Waals surface area contributed by atoms with Gasteiger partial charge >= 0.3 is 0 Å². The molecule has 0 aliphatic carbocycles. The normalized spacial score (nSPS) is 14.9. The zero-order valence-corrected chi connectivity index (χ0v) is 9.31. The number of nitrogens with zero attached hydrogens (tertiary/aromatic N) is 1. The van der Waals surface area contributed by atoms with E-state index in [1.165, 1.54) is 13.3 Å². The van der Waals surface area contributed by atoms with Gasteiger partial charge in [0, 0.05) is 23.2 Å². The summed E-state index contributed by atoms with van der Waals surface area (Å²) in [6.07, 6.45) is -0.270. The lowest BCUT2D eigenvalue weighted by molar-refractivity contribution is 0.0340. The van der Waals surface area contributed by atoms with Gasteiger partial charge in [0.25, 0.3) is 0 Å². The van der Waals surface area contributed by atoms with Crippen LogP contribution in [-0.4, -0.2) is 33.7 Å². The molecule has 0 bridgehead atoms. The van der Waals surface area contributed by atoms with Crippen LogP contribution in [-0.2, 0) is 0 Å². The van der Waals surface area contributed by atoms with Gasteiger partial charge in [-0.25, -0.2) is 4.98 Å². The predicted octanol–water partition coefficient (Wildman–Crippen LogP) is 0.879. The molecule has 1 aromatic rings. The fourth-order valence-corrected chi connectivity index (χ4v) is 1.35. The second-order valence-corrected chi connectivity index (χ2v) is 3.45. The summed E-state index contributed by atoms with van der Waals surface area (Å²) in [4.78, 5) is 3.93. The molecular weight excluding hydrogens is 250 g/mol. The molecule has 0 aliphatic heterocycles. The third-order valence-electron chi connectivity index (χ3n) is 1.83. The van der Waals surface area contributed by atoms with Gasteiger partial charge < -0.3 is 14.9 Å². The van der Waals surface area contributed by atoms with E-state index in [-0.39, 0.29) is 0 Å². The summed E-state index contributed by atoms with van der Waals surface area (Å²) in [5, 5.41) is 19.3. The zero-order chi connectivity index (χ0) is 10.6. The molecular formula is C9H12BrNO3. The number of aliphatic hydroxyl groups excluding tert-OH is 2. The molecule has 0 spiro atoms. The van der Waals surface area contributed by atoms with Gasteiger partial charge in [-0.1, -0.05) is 15.9 Å². The van der Waals surface area contributed by atoms with Crippen molar-refractivity contribution in [2.45, 2.75) is 12.2 Å². The number of ether oxygens (including phenoxy) is 1. The van der Waals surface area contributed by atoms with E-state index in [4.69, 9.17) is 4.74 Å². The van der Waals surface area contributed by atoms with Gasteiger partial charge in [0.15, 0.2) is 0 Å².